The summed E-state index contributed by atoms with van der Waals surface area (Å²) in [5.41, 5.74) is 2.77. The average molecular weight is 299 g/mol. The van der Waals surface area contributed by atoms with Crippen LogP contribution in [0.15, 0.2) is 30.3 Å². The van der Waals surface area contributed by atoms with Gasteiger partial charge in [-0.15, -0.1) is 0 Å². The van der Waals surface area contributed by atoms with Gasteiger partial charge in [-0.25, -0.2) is 14.8 Å². The number of nitrogens with one attached hydrogen (secondary N) is 2. The zero-order valence-electron chi connectivity index (χ0n) is 13.3. The topological polar surface area (TPSA) is 70.2 Å². The van der Waals surface area contributed by atoms with E-state index in [1.165, 1.54) is 0 Å². The Hall–Kier alpha value is -2.63. The Morgan fingerprint density at radius 1 is 1.14 bits per heavy atom. The number of anilines is 2. The van der Waals surface area contributed by atoms with Crippen molar-refractivity contribution in [3.8, 4) is 0 Å². The summed E-state index contributed by atoms with van der Waals surface area (Å²) in [6.07, 6.45) is 0. The lowest BCUT2D eigenvalue weighted by atomic mass is 10.2. The summed E-state index contributed by atoms with van der Waals surface area (Å²) in [5, 5.41) is 5.54. The van der Waals surface area contributed by atoms with Crippen LogP contribution in [0.1, 0.15) is 17.1 Å². The molecule has 1 aromatic heterocycles. The summed E-state index contributed by atoms with van der Waals surface area (Å²) < 4.78 is 0. The number of aryl methyl sites for hydroxylation is 2. The fourth-order valence-electron chi connectivity index (χ4n) is 1.89. The van der Waals surface area contributed by atoms with Crippen molar-refractivity contribution in [1.82, 2.24) is 15.3 Å². The van der Waals surface area contributed by atoms with Crippen molar-refractivity contribution in [3.05, 3.63) is 47.4 Å². The van der Waals surface area contributed by atoms with Gasteiger partial charge in [0.05, 0.1) is 6.54 Å². The molecule has 2 amide bonds. The molecule has 0 saturated heterocycles. The van der Waals surface area contributed by atoms with Crippen LogP contribution < -0.4 is 15.5 Å². The Bertz CT molecular complexity index is 652. The fraction of sp³-hybridized carbons (Fsp3) is 0.312. The monoisotopic (exact) mass is 299 g/mol. The molecular formula is C16H21N5O. The summed E-state index contributed by atoms with van der Waals surface area (Å²) in [7, 11) is 3.84. The molecule has 0 saturated carbocycles. The van der Waals surface area contributed by atoms with Crippen molar-refractivity contribution in [2.75, 3.05) is 24.3 Å². The maximum Gasteiger partial charge on any atom is 0.319 e. The highest BCUT2D eigenvalue weighted by molar-refractivity contribution is 5.89. The number of amides is 2. The number of hydrogen-bond donors (Lipinski definition) is 2. The first-order valence-electron chi connectivity index (χ1n) is 7.07. The molecule has 0 unspecified atom stereocenters. The molecule has 116 valence electrons. The minimum Gasteiger partial charge on any atom is -0.363 e. The van der Waals surface area contributed by atoms with Crippen LogP contribution in [-0.4, -0.2) is 30.1 Å². The van der Waals surface area contributed by atoms with Gasteiger partial charge in [-0.3, -0.25) is 0 Å². The van der Waals surface area contributed by atoms with Gasteiger partial charge >= 0.3 is 6.03 Å². The highest BCUT2D eigenvalue weighted by Gasteiger charge is 2.06. The second-order valence-corrected chi connectivity index (χ2v) is 5.35. The molecule has 6 nitrogen and oxygen atoms in total. The van der Waals surface area contributed by atoms with E-state index >= 15 is 0 Å². The van der Waals surface area contributed by atoms with Gasteiger partial charge in [0, 0.05) is 31.5 Å². The zero-order chi connectivity index (χ0) is 16.1. The summed E-state index contributed by atoms with van der Waals surface area (Å²) in [4.78, 5) is 22.5. The van der Waals surface area contributed by atoms with Gasteiger partial charge in [0.15, 0.2) is 0 Å². The normalized spacial score (nSPS) is 10.2. The van der Waals surface area contributed by atoms with Gasteiger partial charge in [-0.05, 0) is 26.0 Å². The molecule has 0 spiro atoms. The van der Waals surface area contributed by atoms with Gasteiger partial charge in [0.1, 0.15) is 11.6 Å². The van der Waals surface area contributed by atoms with Crippen molar-refractivity contribution in [2.45, 2.75) is 20.4 Å². The van der Waals surface area contributed by atoms with Crippen LogP contribution in [0.25, 0.3) is 0 Å². The van der Waals surface area contributed by atoms with Crippen LogP contribution in [0.5, 0.6) is 0 Å². The molecule has 22 heavy (non-hydrogen) atoms. The maximum atomic E-state index is 11.9. The Morgan fingerprint density at radius 3 is 2.45 bits per heavy atom. The summed E-state index contributed by atoms with van der Waals surface area (Å²) >= 11 is 0. The minimum atomic E-state index is -0.277. The van der Waals surface area contributed by atoms with Crippen LogP contribution in [0.2, 0.25) is 0 Å². The van der Waals surface area contributed by atoms with Crippen molar-refractivity contribution < 1.29 is 4.79 Å². The first-order chi connectivity index (χ1) is 10.4. The maximum absolute atomic E-state index is 11.9. The van der Waals surface area contributed by atoms with Gasteiger partial charge in [-0.1, -0.05) is 17.7 Å². The molecule has 1 heterocycles. The zero-order valence-corrected chi connectivity index (χ0v) is 13.3. The number of carbonyl (C=O) groups is 1. The van der Waals surface area contributed by atoms with E-state index in [4.69, 9.17) is 0 Å². The van der Waals surface area contributed by atoms with E-state index in [1.807, 2.05) is 63.2 Å². The van der Waals surface area contributed by atoms with Gasteiger partial charge in [0.2, 0.25) is 0 Å². The number of urea groups is 1. The number of benzene rings is 1. The Labute approximate surface area is 130 Å². The van der Waals surface area contributed by atoms with E-state index in [0.29, 0.717) is 5.82 Å². The van der Waals surface area contributed by atoms with E-state index in [0.717, 1.165) is 22.8 Å². The molecule has 0 aliphatic rings. The van der Waals surface area contributed by atoms with Crippen LogP contribution in [0, 0.1) is 13.8 Å². The Morgan fingerprint density at radius 2 is 1.82 bits per heavy atom. The predicted molar refractivity (Wildman–Crippen MR) is 88.1 cm³/mol. The molecule has 0 atom stereocenters. The van der Waals surface area contributed by atoms with E-state index in [-0.39, 0.29) is 12.6 Å². The molecule has 0 radical (unpaired) electrons. The first kappa shape index (κ1) is 15.8. The summed E-state index contributed by atoms with van der Waals surface area (Å²) in [5.74, 6) is 1.41. The number of nitrogens with zero attached hydrogens (tertiary/aromatic N) is 3. The molecule has 6 heteroatoms. The highest BCUT2D eigenvalue weighted by atomic mass is 16.2. The number of hydrogen-bond acceptors (Lipinski definition) is 4. The van der Waals surface area contributed by atoms with Crippen LogP contribution in [0.3, 0.4) is 0 Å². The number of carbonyl (C=O) groups excluding carboxylic acids is 1. The summed E-state index contributed by atoms with van der Waals surface area (Å²) in [6, 6.07) is 9.24. The van der Waals surface area contributed by atoms with Crippen molar-refractivity contribution in [2.24, 2.45) is 0 Å². The predicted octanol–water partition coefficient (Wildman–Crippen LogP) is 2.48. The third-order valence-electron chi connectivity index (χ3n) is 3.06. The van der Waals surface area contributed by atoms with Crippen LogP contribution >= 0.6 is 0 Å². The SMILES string of the molecule is Cc1ccc(NC(=O)NCc2nc(C)cc(N(C)C)n2)cc1. The Kier molecular flexibility index (Phi) is 4.93. The van der Waals surface area contributed by atoms with Gasteiger partial charge in [0.25, 0.3) is 0 Å². The van der Waals surface area contributed by atoms with Crippen molar-refractivity contribution >= 4 is 17.5 Å². The Balaban J connectivity index is 1.94. The second kappa shape index (κ2) is 6.89. The molecular weight excluding hydrogens is 278 g/mol. The van der Waals surface area contributed by atoms with E-state index < -0.39 is 0 Å². The summed E-state index contributed by atoms with van der Waals surface area (Å²) in [6.45, 7) is 4.19. The van der Waals surface area contributed by atoms with E-state index in [9.17, 15) is 4.79 Å². The quantitative estimate of drug-likeness (QED) is 0.910. The molecule has 0 aliphatic carbocycles. The molecule has 0 fully saturated rings. The lowest BCUT2D eigenvalue weighted by Crippen LogP contribution is -2.29. The average Bonchev–Trinajstić information content (AvgIpc) is 2.47. The van der Waals surface area contributed by atoms with E-state index in [1.54, 1.807) is 0 Å². The third kappa shape index (κ3) is 4.44. The highest BCUT2D eigenvalue weighted by Crippen LogP contribution is 2.10. The largest absolute Gasteiger partial charge is 0.363 e. The number of aromatic nitrogens is 2. The fourth-order valence-corrected chi connectivity index (χ4v) is 1.89. The molecule has 2 N–H and O–H groups in total. The molecule has 0 bridgehead atoms. The first-order valence-corrected chi connectivity index (χ1v) is 7.07. The van der Waals surface area contributed by atoms with Crippen molar-refractivity contribution in [3.63, 3.8) is 0 Å². The van der Waals surface area contributed by atoms with Gasteiger partial charge < -0.3 is 15.5 Å². The number of rotatable bonds is 4. The minimum absolute atomic E-state index is 0.277. The molecule has 0 aliphatic heterocycles. The van der Waals surface area contributed by atoms with E-state index in [2.05, 4.69) is 20.6 Å². The molecule has 2 rings (SSSR count). The lowest BCUT2D eigenvalue weighted by molar-refractivity contribution is 0.251. The van der Waals surface area contributed by atoms with Crippen LogP contribution in [-0.2, 0) is 6.54 Å². The third-order valence-corrected chi connectivity index (χ3v) is 3.06. The van der Waals surface area contributed by atoms with Crippen LogP contribution in [0.4, 0.5) is 16.3 Å². The van der Waals surface area contributed by atoms with Gasteiger partial charge in [-0.2, -0.15) is 0 Å². The van der Waals surface area contributed by atoms with Crippen molar-refractivity contribution in [1.29, 1.82) is 0 Å². The smallest absolute Gasteiger partial charge is 0.319 e. The second-order valence-electron chi connectivity index (χ2n) is 5.35. The molecule has 2 aromatic rings. The lowest BCUT2D eigenvalue weighted by Gasteiger charge is -2.13. The standard InChI is InChI=1S/C16H21N5O/c1-11-5-7-13(8-6-11)19-16(22)17-10-14-18-12(2)9-15(20-14)21(3)4/h5-9H,10H2,1-4H3,(H2,17,19,22). The molecule has 1 aromatic carbocycles.